The summed E-state index contributed by atoms with van der Waals surface area (Å²) >= 11 is 0. The number of hydrogen-bond donors (Lipinski definition) is 1. The van der Waals surface area contributed by atoms with E-state index in [1.54, 1.807) is 6.07 Å². The van der Waals surface area contributed by atoms with Crippen molar-refractivity contribution in [3.8, 4) is 0 Å². The third-order valence-corrected chi connectivity index (χ3v) is 6.34. The molecule has 2 aromatic heterocycles. The Balaban J connectivity index is 1.47. The summed E-state index contributed by atoms with van der Waals surface area (Å²) in [5.74, 6) is 0.910. The molecule has 4 rings (SSSR count). The third-order valence-electron chi connectivity index (χ3n) is 4.58. The van der Waals surface area contributed by atoms with E-state index >= 15 is 0 Å². The van der Waals surface area contributed by atoms with E-state index in [1.807, 2.05) is 0 Å². The minimum Gasteiger partial charge on any atom is -0.356 e. The van der Waals surface area contributed by atoms with Crippen molar-refractivity contribution in [1.29, 1.82) is 0 Å². The lowest BCUT2D eigenvalue weighted by atomic mass is 10.0. The molecule has 0 aliphatic carbocycles. The van der Waals surface area contributed by atoms with Crippen LogP contribution in [0, 0.1) is 17.7 Å². The molecule has 2 unspecified atom stereocenters. The van der Waals surface area contributed by atoms with Gasteiger partial charge in [0.05, 0.1) is 18.7 Å². The molecule has 4 heterocycles. The summed E-state index contributed by atoms with van der Waals surface area (Å²) in [4.78, 5) is 12.6. The maximum Gasteiger partial charge on any atom is 0.260 e. The van der Waals surface area contributed by atoms with Crippen LogP contribution in [-0.2, 0) is 10.0 Å². The van der Waals surface area contributed by atoms with E-state index in [9.17, 15) is 12.8 Å². The zero-order valence-electron chi connectivity index (χ0n) is 12.3. The zero-order valence-corrected chi connectivity index (χ0v) is 13.1. The Morgan fingerprint density at radius 3 is 2.43 bits per heavy atom. The maximum absolute atomic E-state index is 13.0. The number of rotatable bonds is 3. The van der Waals surface area contributed by atoms with E-state index in [-0.39, 0.29) is 22.7 Å². The van der Waals surface area contributed by atoms with Gasteiger partial charge < -0.3 is 9.88 Å². The Kier molecular flexibility index (Phi) is 3.34. The summed E-state index contributed by atoms with van der Waals surface area (Å²) in [6.45, 7) is 2.45. The molecule has 2 aliphatic rings. The largest absolute Gasteiger partial charge is 0.356 e. The Morgan fingerprint density at radius 2 is 1.87 bits per heavy atom. The minimum atomic E-state index is -3.49. The molecular weight excluding hydrogens is 321 g/mol. The number of halogens is 1. The molecule has 2 aliphatic heterocycles. The average Bonchev–Trinajstić information content (AvgIpc) is 3.23. The number of sulfonamides is 1. The molecule has 7 nitrogen and oxygen atoms in total. The lowest BCUT2D eigenvalue weighted by molar-refractivity contribution is 0.451. The van der Waals surface area contributed by atoms with Crippen LogP contribution in [0.3, 0.4) is 0 Å². The second-order valence-corrected chi connectivity index (χ2v) is 7.90. The average molecular weight is 337 g/mol. The van der Waals surface area contributed by atoms with Gasteiger partial charge in [-0.1, -0.05) is 0 Å². The van der Waals surface area contributed by atoms with Gasteiger partial charge in [-0.25, -0.2) is 22.8 Å². The molecule has 23 heavy (non-hydrogen) atoms. The first-order valence-corrected chi connectivity index (χ1v) is 8.83. The molecule has 1 N–H and O–H groups in total. The van der Waals surface area contributed by atoms with Gasteiger partial charge in [-0.2, -0.15) is 4.31 Å². The first-order chi connectivity index (χ1) is 11.0. The summed E-state index contributed by atoms with van der Waals surface area (Å²) in [5.41, 5.74) is 0. The van der Waals surface area contributed by atoms with Gasteiger partial charge in [-0.05, 0) is 24.0 Å². The van der Waals surface area contributed by atoms with Crippen molar-refractivity contribution in [3.05, 3.63) is 36.7 Å². The second kappa shape index (κ2) is 5.27. The van der Waals surface area contributed by atoms with Crippen LogP contribution in [0.25, 0.3) is 0 Å². The van der Waals surface area contributed by atoms with Gasteiger partial charge >= 0.3 is 0 Å². The lowest BCUT2D eigenvalue weighted by Crippen LogP contribution is -2.33. The number of anilines is 1. The minimum absolute atomic E-state index is 0.134. The summed E-state index contributed by atoms with van der Waals surface area (Å²) in [7, 11) is -3.49. The van der Waals surface area contributed by atoms with Gasteiger partial charge in [0.2, 0.25) is 0 Å². The fourth-order valence-corrected chi connectivity index (χ4v) is 4.86. The second-order valence-electron chi connectivity index (χ2n) is 6.00. The standard InChI is InChI=1S/C14H16FN5O2S/c15-12-1-2-13(17-3-12)19-5-10-7-20(8-11(10)6-19)23(21,22)14-4-16-9-18-14/h1-4,9-11H,5-8H2,(H,16,18). The third kappa shape index (κ3) is 2.49. The van der Waals surface area contributed by atoms with Gasteiger partial charge in [0.15, 0.2) is 5.03 Å². The molecule has 0 amide bonds. The van der Waals surface area contributed by atoms with Crippen molar-refractivity contribution >= 4 is 15.8 Å². The van der Waals surface area contributed by atoms with E-state index in [0.29, 0.717) is 13.1 Å². The summed E-state index contributed by atoms with van der Waals surface area (Å²) in [5, 5.41) is 0.134. The van der Waals surface area contributed by atoms with E-state index in [4.69, 9.17) is 0 Å². The van der Waals surface area contributed by atoms with Crippen LogP contribution in [0.1, 0.15) is 0 Å². The molecule has 2 saturated heterocycles. The molecule has 0 spiro atoms. The normalized spacial score (nSPS) is 25.0. The van der Waals surface area contributed by atoms with Crippen LogP contribution in [0.5, 0.6) is 0 Å². The molecule has 9 heteroatoms. The van der Waals surface area contributed by atoms with Crippen LogP contribution in [0.4, 0.5) is 10.2 Å². The fourth-order valence-electron chi connectivity index (χ4n) is 3.41. The highest BCUT2D eigenvalue weighted by Gasteiger charge is 2.44. The first-order valence-electron chi connectivity index (χ1n) is 7.39. The van der Waals surface area contributed by atoms with Gasteiger partial charge in [-0.3, -0.25) is 0 Å². The molecule has 2 atom stereocenters. The number of hydrogen-bond acceptors (Lipinski definition) is 5. The number of H-pyrrole nitrogens is 1. The van der Waals surface area contributed by atoms with Crippen LogP contribution in [0.15, 0.2) is 35.9 Å². The molecule has 0 saturated carbocycles. The molecular formula is C14H16FN5O2S. The molecule has 122 valence electrons. The summed E-state index contributed by atoms with van der Waals surface area (Å²) < 4.78 is 39.5. The predicted molar refractivity (Wildman–Crippen MR) is 80.7 cm³/mol. The maximum atomic E-state index is 13.0. The Hall–Kier alpha value is -2.00. The molecule has 2 aromatic rings. The number of imidazole rings is 1. The van der Waals surface area contributed by atoms with Crippen LogP contribution in [-0.4, -0.2) is 53.9 Å². The van der Waals surface area contributed by atoms with E-state index in [2.05, 4.69) is 19.9 Å². The highest BCUT2D eigenvalue weighted by atomic mass is 32.2. The number of nitrogens with one attached hydrogen (secondary N) is 1. The van der Waals surface area contributed by atoms with E-state index < -0.39 is 10.0 Å². The van der Waals surface area contributed by atoms with Crippen LogP contribution < -0.4 is 4.90 Å². The van der Waals surface area contributed by atoms with Gasteiger partial charge in [0, 0.05) is 26.2 Å². The van der Waals surface area contributed by atoms with Crippen molar-refractivity contribution in [2.75, 3.05) is 31.1 Å². The molecule has 0 radical (unpaired) electrons. The number of nitrogens with zero attached hydrogens (tertiary/aromatic N) is 4. The predicted octanol–water partition coefficient (Wildman–Crippen LogP) is 0.701. The van der Waals surface area contributed by atoms with Gasteiger partial charge in [0.25, 0.3) is 10.0 Å². The molecule has 0 aromatic carbocycles. The van der Waals surface area contributed by atoms with E-state index in [0.717, 1.165) is 18.9 Å². The molecule has 0 bridgehead atoms. The topological polar surface area (TPSA) is 82.2 Å². The fraction of sp³-hybridized carbons (Fsp3) is 0.429. The Morgan fingerprint density at radius 1 is 1.13 bits per heavy atom. The lowest BCUT2D eigenvalue weighted by Gasteiger charge is -2.21. The van der Waals surface area contributed by atoms with Crippen molar-refractivity contribution in [1.82, 2.24) is 19.3 Å². The first kappa shape index (κ1) is 14.6. The molecule has 2 fully saturated rings. The highest BCUT2D eigenvalue weighted by molar-refractivity contribution is 7.89. The zero-order chi connectivity index (χ0) is 16.0. The smallest absolute Gasteiger partial charge is 0.260 e. The number of aromatic amines is 1. The van der Waals surface area contributed by atoms with Gasteiger partial charge in [0.1, 0.15) is 11.6 Å². The quantitative estimate of drug-likeness (QED) is 0.892. The van der Waals surface area contributed by atoms with Crippen molar-refractivity contribution in [2.24, 2.45) is 11.8 Å². The number of pyridine rings is 1. The number of aromatic nitrogens is 3. The van der Waals surface area contributed by atoms with E-state index in [1.165, 1.54) is 29.1 Å². The Labute approximate surface area is 133 Å². The van der Waals surface area contributed by atoms with Crippen LogP contribution >= 0.6 is 0 Å². The summed E-state index contributed by atoms with van der Waals surface area (Å²) in [6.07, 6.45) is 3.91. The van der Waals surface area contributed by atoms with Crippen molar-refractivity contribution in [2.45, 2.75) is 5.03 Å². The van der Waals surface area contributed by atoms with Crippen LogP contribution in [0.2, 0.25) is 0 Å². The van der Waals surface area contributed by atoms with Gasteiger partial charge in [-0.15, -0.1) is 0 Å². The van der Waals surface area contributed by atoms with Crippen molar-refractivity contribution < 1.29 is 12.8 Å². The highest BCUT2D eigenvalue weighted by Crippen LogP contribution is 2.35. The van der Waals surface area contributed by atoms with Crippen molar-refractivity contribution in [3.63, 3.8) is 0 Å². The number of fused-ring (bicyclic) bond motifs is 1. The summed E-state index contributed by atoms with van der Waals surface area (Å²) in [6, 6.07) is 3.06. The SMILES string of the molecule is O=S(=O)(c1cnc[nH]1)N1CC2CN(c3ccc(F)cn3)CC2C1. The Bertz CT molecular complexity index is 779. The monoisotopic (exact) mass is 337 g/mol.